The Morgan fingerprint density at radius 3 is 2.77 bits per heavy atom. The van der Waals surface area contributed by atoms with Crippen molar-refractivity contribution in [2.45, 2.75) is 6.54 Å². The molecule has 3 N–H and O–H groups in total. The lowest BCUT2D eigenvalue weighted by Crippen LogP contribution is -2.23. The van der Waals surface area contributed by atoms with Gasteiger partial charge in [0.1, 0.15) is 12.1 Å². The Morgan fingerprint density at radius 2 is 2.04 bits per heavy atom. The molecule has 3 aromatic heterocycles. The number of carbonyl (C=O) groups excluding carboxylic acids is 1. The van der Waals surface area contributed by atoms with Gasteiger partial charge in [0.05, 0.1) is 11.8 Å². The molecule has 8 heteroatoms. The number of benzene rings is 1. The van der Waals surface area contributed by atoms with Crippen molar-refractivity contribution in [2.24, 2.45) is 0 Å². The Labute approximate surface area is 153 Å². The van der Waals surface area contributed by atoms with Crippen LogP contribution in [0.5, 0.6) is 0 Å². The van der Waals surface area contributed by atoms with E-state index in [2.05, 4.69) is 15.4 Å². The van der Waals surface area contributed by atoms with Crippen LogP contribution in [0.15, 0.2) is 59.4 Å². The number of halogens is 1. The van der Waals surface area contributed by atoms with Crippen LogP contribution < -0.4 is 11.1 Å². The number of aromatic nitrogens is 3. The molecule has 0 spiro atoms. The predicted molar refractivity (Wildman–Crippen MR) is 97.7 cm³/mol. The van der Waals surface area contributed by atoms with Gasteiger partial charge in [0.2, 0.25) is 0 Å². The standard InChI is InChI=1S/C18H14ClN5O2/c19-14-3-1-11(2-4-14)9-21-18(25)13-7-15(20)24-16(8-13)22-17(23-24)12-5-6-26-10-12/h1-8,10H,9,20H2,(H,21,25). The zero-order valence-electron chi connectivity index (χ0n) is 13.5. The number of pyridine rings is 1. The molecule has 0 bridgehead atoms. The van der Waals surface area contributed by atoms with Gasteiger partial charge < -0.3 is 15.5 Å². The van der Waals surface area contributed by atoms with Crippen LogP contribution >= 0.6 is 11.6 Å². The fourth-order valence-corrected chi connectivity index (χ4v) is 2.67. The highest BCUT2D eigenvalue weighted by Crippen LogP contribution is 2.19. The quantitative estimate of drug-likeness (QED) is 0.577. The van der Waals surface area contributed by atoms with Crippen molar-refractivity contribution >= 4 is 29.0 Å². The Hall–Kier alpha value is -3.32. The topological polar surface area (TPSA) is 98.5 Å². The number of rotatable bonds is 4. The number of hydrogen-bond acceptors (Lipinski definition) is 5. The third-order valence-electron chi connectivity index (χ3n) is 3.87. The smallest absolute Gasteiger partial charge is 0.251 e. The molecule has 26 heavy (non-hydrogen) atoms. The van der Waals surface area contributed by atoms with E-state index >= 15 is 0 Å². The van der Waals surface area contributed by atoms with E-state index in [0.717, 1.165) is 11.1 Å². The molecule has 0 aliphatic rings. The van der Waals surface area contributed by atoms with Crippen molar-refractivity contribution in [3.8, 4) is 11.4 Å². The first-order valence-electron chi connectivity index (χ1n) is 7.82. The maximum Gasteiger partial charge on any atom is 0.251 e. The molecule has 3 heterocycles. The summed E-state index contributed by atoms with van der Waals surface area (Å²) in [6.07, 6.45) is 3.09. The Bertz CT molecular complexity index is 1070. The third-order valence-corrected chi connectivity index (χ3v) is 4.12. The Kier molecular flexibility index (Phi) is 4.06. The van der Waals surface area contributed by atoms with E-state index in [1.807, 2.05) is 12.1 Å². The molecule has 1 aromatic carbocycles. The van der Waals surface area contributed by atoms with Crippen molar-refractivity contribution in [1.82, 2.24) is 19.9 Å². The number of nitrogens with zero attached hydrogens (tertiary/aromatic N) is 3. The van der Waals surface area contributed by atoms with Gasteiger partial charge in [-0.05, 0) is 35.9 Å². The van der Waals surface area contributed by atoms with Crippen LogP contribution in [-0.2, 0) is 6.54 Å². The van der Waals surface area contributed by atoms with Gasteiger partial charge in [0, 0.05) is 17.1 Å². The summed E-state index contributed by atoms with van der Waals surface area (Å²) in [5.41, 5.74) is 8.61. The second kappa shape index (κ2) is 6.53. The number of furan rings is 1. The summed E-state index contributed by atoms with van der Waals surface area (Å²) in [7, 11) is 0. The summed E-state index contributed by atoms with van der Waals surface area (Å²) in [6.45, 7) is 0.383. The monoisotopic (exact) mass is 367 g/mol. The minimum atomic E-state index is -0.248. The zero-order chi connectivity index (χ0) is 18.1. The molecule has 1 amide bonds. The summed E-state index contributed by atoms with van der Waals surface area (Å²) >= 11 is 5.86. The molecule has 0 atom stereocenters. The lowest BCUT2D eigenvalue weighted by atomic mass is 10.2. The fourth-order valence-electron chi connectivity index (χ4n) is 2.54. The Morgan fingerprint density at radius 1 is 1.23 bits per heavy atom. The first-order chi connectivity index (χ1) is 12.6. The lowest BCUT2D eigenvalue weighted by Gasteiger charge is -2.07. The highest BCUT2D eigenvalue weighted by Gasteiger charge is 2.14. The van der Waals surface area contributed by atoms with E-state index in [4.69, 9.17) is 21.8 Å². The number of fused-ring (bicyclic) bond motifs is 1. The third kappa shape index (κ3) is 3.12. The summed E-state index contributed by atoms with van der Waals surface area (Å²) in [4.78, 5) is 16.9. The minimum absolute atomic E-state index is 0.248. The van der Waals surface area contributed by atoms with Gasteiger partial charge in [-0.15, -0.1) is 5.10 Å². The SMILES string of the molecule is Nc1cc(C(=O)NCc2ccc(Cl)cc2)cc2nc(-c3ccoc3)nn12. The van der Waals surface area contributed by atoms with E-state index in [-0.39, 0.29) is 5.91 Å². The van der Waals surface area contributed by atoms with Gasteiger partial charge in [0.15, 0.2) is 11.5 Å². The Balaban J connectivity index is 1.57. The van der Waals surface area contributed by atoms with Crippen molar-refractivity contribution in [1.29, 1.82) is 0 Å². The molecule has 7 nitrogen and oxygen atoms in total. The molecule has 0 fully saturated rings. The van der Waals surface area contributed by atoms with Crippen molar-refractivity contribution in [3.05, 3.63) is 71.1 Å². The average molecular weight is 368 g/mol. The molecule has 4 rings (SSSR count). The summed E-state index contributed by atoms with van der Waals surface area (Å²) < 4.78 is 6.53. The number of carbonyl (C=O) groups is 1. The van der Waals surface area contributed by atoms with Crippen molar-refractivity contribution in [3.63, 3.8) is 0 Å². The van der Waals surface area contributed by atoms with Crippen molar-refractivity contribution < 1.29 is 9.21 Å². The van der Waals surface area contributed by atoms with E-state index in [0.29, 0.717) is 34.4 Å². The highest BCUT2D eigenvalue weighted by molar-refractivity contribution is 6.30. The van der Waals surface area contributed by atoms with Crippen LogP contribution in [-0.4, -0.2) is 20.5 Å². The van der Waals surface area contributed by atoms with Crippen LogP contribution in [0, 0.1) is 0 Å². The number of anilines is 1. The van der Waals surface area contributed by atoms with Gasteiger partial charge in [-0.2, -0.15) is 4.52 Å². The average Bonchev–Trinajstić information content (AvgIpc) is 3.30. The van der Waals surface area contributed by atoms with Crippen LogP contribution in [0.2, 0.25) is 5.02 Å². The van der Waals surface area contributed by atoms with Crippen molar-refractivity contribution in [2.75, 3.05) is 5.73 Å². The van der Waals surface area contributed by atoms with Gasteiger partial charge in [-0.3, -0.25) is 4.79 Å². The maximum atomic E-state index is 12.5. The molecule has 0 aliphatic carbocycles. The summed E-state index contributed by atoms with van der Waals surface area (Å²) in [6, 6.07) is 12.2. The van der Waals surface area contributed by atoms with Crippen LogP contribution in [0.25, 0.3) is 17.0 Å². The number of hydrogen-bond donors (Lipinski definition) is 2. The van der Waals surface area contributed by atoms with E-state index in [1.165, 1.54) is 4.52 Å². The molecular weight excluding hydrogens is 354 g/mol. The van der Waals surface area contributed by atoms with Gasteiger partial charge in [-0.25, -0.2) is 4.98 Å². The van der Waals surface area contributed by atoms with Gasteiger partial charge in [0.25, 0.3) is 5.91 Å². The van der Waals surface area contributed by atoms with E-state index in [1.54, 1.807) is 42.9 Å². The van der Waals surface area contributed by atoms with E-state index < -0.39 is 0 Å². The first-order valence-corrected chi connectivity index (χ1v) is 8.19. The molecule has 0 saturated carbocycles. The van der Waals surface area contributed by atoms with Crippen LogP contribution in [0.3, 0.4) is 0 Å². The molecule has 0 unspecified atom stereocenters. The predicted octanol–water partition coefficient (Wildman–Crippen LogP) is 3.15. The highest BCUT2D eigenvalue weighted by atomic mass is 35.5. The molecule has 0 aliphatic heterocycles. The maximum absolute atomic E-state index is 12.5. The normalized spacial score (nSPS) is 11.0. The summed E-state index contributed by atoms with van der Waals surface area (Å²) in [5.74, 6) is 0.549. The summed E-state index contributed by atoms with van der Waals surface area (Å²) in [5, 5.41) is 7.84. The number of amides is 1. The van der Waals surface area contributed by atoms with Crippen LogP contribution in [0.4, 0.5) is 5.82 Å². The van der Waals surface area contributed by atoms with Crippen LogP contribution in [0.1, 0.15) is 15.9 Å². The fraction of sp³-hybridized carbons (Fsp3) is 0.0556. The van der Waals surface area contributed by atoms with Gasteiger partial charge in [-0.1, -0.05) is 23.7 Å². The molecule has 0 saturated heterocycles. The van der Waals surface area contributed by atoms with Gasteiger partial charge >= 0.3 is 0 Å². The number of nitrogens with two attached hydrogens (primary N) is 1. The lowest BCUT2D eigenvalue weighted by molar-refractivity contribution is 0.0951. The molecule has 4 aromatic rings. The minimum Gasteiger partial charge on any atom is -0.472 e. The van der Waals surface area contributed by atoms with E-state index in [9.17, 15) is 4.79 Å². The zero-order valence-corrected chi connectivity index (χ0v) is 14.3. The molecular formula is C18H14ClN5O2. The molecule has 130 valence electrons. The largest absolute Gasteiger partial charge is 0.472 e. The molecule has 0 radical (unpaired) electrons. The first kappa shape index (κ1) is 16.2. The number of nitrogens with one attached hydrogen (secondary N) is 1. The second-order valence-corrected chi connectivity index (χ2v) is 6.13. The number of nitrogen functional groups attached to an aromatic ring is 1. The second-order valence-electron chi connectivity index (χ2n) is 5.70.